The Kier molecular flexibility index (Phi) is 4.46. The molecule has 1 heterocycles. The van der Waals surface area contributed by atoms with Gasteiger partial charge in [-0.15, -0.1) is 0 Å². The van der Waals surface area contributed by atoms with Gasteiger partial charge >= 0.3 is 0 Å². The Balaban J connectivity index is 1.90. The summed E-state index contributed by atoms with van der Waals surface area (Å²) in [6.07, 6.45) is 1.44. The first-order valence-corrected chi connectivity index (χ1v) is 8.73. The van der Waals surface area contributed by atoms with Crippen LogP contribution in [0, 0.1) is 0 Å². The molecule has 2 aromatic carbocycles. The molecule has 0 unspecified atom stereocenters. The van der Waals surface area contributed by atoms with Crippen molar-refractivity contribution in [3.8, 4) is 16.9 Å². The number of nitrogens with zero attached hydrogens (tertiary/aromatic N) is 1. The van der Waals surface area contributed by atoms with Crippen LogP contribution in [0.3, 0.4) is 0 Å². The summed E-state index contributed by atoms with van der Waals surface area (Å²) >= 11 is 5.86. The molecule has 1 N–H and O–H groups in total. The van der Waals surface area contributed by atoms with Gasteiger partial charge in [0, 0.05) is 5.02 Å². The van der Waals surface area contributed by atoms with Gasteiger partial charge in [0.05, 0.1) is 23.8 Å². The van der Waals surface area contributed by atoms with Gasteiger partial charge in [0.25, 0.3) is 10.0 Å². The lowest BCUT2D eigenvalue weighted by Gasteiger charge is -2.07. The smallest absolute Gasteiger partial charge is 0.264 e. The molecule has 0 atom stereocenters. The normalized spacial score (nSPS) is 11.2. The van der Waals surface area contributed by atoms with E-state index in [2.05, 4.69) is 9.88 Å². The summed E-state index contributed by atoms with van der Waals surface area (Å²) in [4.78, 5) is 0.0850. The number of hydrogen-bond acceptors (Lipinski definition) is 5. The topological polar surface area (TPSA) is 81.4 Å². The zero-order valence-corrected chi connectivity index (χ0v) is 14.1. The first-order chi connectivity index (χ1) is 11.5. The van der Waals surface area contributed by atoms with Gasteiger partial charge in [-0.2, -0.15) is 0 Å². The Labute approximate surface area is 144 Å². The summed E-state index contributed by atoms with van der Waals surface area (Å²) in [5, 5.41) is 4.25. The van der Waals surface area contributed by atoms with Crippen molar-refractivity contribution in [1.29, 1.82) is 0 Å². The largest absolute Gasteiger partial charge is 0.497 e. The minimum atomic E-state index is -3.81. The summed E-state index contributed by atoms with van der Waals surface area (Å²) < 4.78 is 37.4. The molecule has 0 radical (unpaired) electrons. The maximum Gasteiger partial charge on any atom is 0.264 e. The number of hydrogen-bond donors (Lipinski definition) is 1. The van der Waals surface area contributed by atoms with Crippen LogP contribution >= 0.6 is 11.6 Å². The fourth-order valence-electron chi connectivity index (χ4n) is 2.08. The van der Waals surface area contributed by atoms with E-state index in [0.29, 0.717) is 16.3 Å². The molecule has 1 aromatic heterocycles. The predicted molar refractivity (Wildman–Crippen MR) is 90.8 cm³/mol. The summed E-state index contributed by atoms with van der Waals surface area (Å²) in [5.41, 5.74) is 1.25. The lowest BCUT2D eigenvalue weighted by Crippen LogP contribution is -2.12. The Hall–Kier alpha value is -2.51. The van der Waals surface area contributed by atoms with Crippen LogP contribution in [0.5, 0.6) is 5.75 Å². The first-order valence-electron chi connectivity index (χ1n) is 6.87. The van der Waals surface area contributed by atoms with E-state index in [1.54, 1.807) is 36.4 Å². The molecule has 3 rings (SSSR count). The molecular formula is C16H13ClN2O4S. The van der Waals surface area contributed by atoms with Gasteiger partial charge in [-0.1, -0.05) is 28.9 Å². The first kappa shape index (κ1) is 16.4. The number of benzene rings is 2. The van der Waals surface area contributed by atoms with Crippen LogP contribution in [-0.2, 0) is 10.0 Å². The van der Waals surface area contributed by atoms with E-state index in [1.807, 2.05) is 0 Å². The van der Waals surface area contributed by atoms with Crippen LogP contribution in [0.25, 0.3) is 11.1 Å². The van der Waals surface area contributed by atoms with Crippen molar-refractivity contribution in [2.24, 2.45) is 0 Å². The number of aromatic nitrogens is 1. The highest BCUT2D eigenvalue weighted by Gasteiger charge is 2.20. The van der Waals surface area contributed by atoms with E-state index in [9.17, 15) is 8.42 Å². The Bertz CT molecular complexity index is 935. The van der Waals surface area contributed by atoms with Crippen LogP contribution < -0.4 is 9.46 Å². The minimum absolute atomic E-state index is 0.0353. The highest BCUT2D eigenvalue weighted by molar-refractivity contribution is 7.92. The minimum Gasteiger partial charge on any atom is -0.497 e. The third kappa shape index (κ3) is 3.37. The van der Waals surface area contributed by atoms with Crippen LogP contribution in [0.2, 0.25) is 5.02 Å². The molecule has 0 aliphatic heterocycles. The van der Waals surface area contributed by atoms with Gasteiger partial charge in [0.1, 0.15) is 5.75 Å². The van der Waals surface area contributed by atoms with Crippen LogP contribution in [0.4, 0.5) is 5.88 Å². The van der Waals surface area contributed by atoms with Crippen molar-refractivity contribution in [2.75, 3.05) is 11.8 Å². The molecule has 0 saturated heterocycles. The molecule has 0 saturated carbocycles. The maximum atomic E-state index is 12.5. The van der Waals surface area contributed by atoms with E-state index >= 15 is 0 Å². The number of nitrogens with one attached hydrogen (secondary N) is 1. The standard InChI is InChI=1S/C16H13ClN2O4S/c1-22-13-6-8-14(9-7-13)24(20,21)19-16-15(10-18-23-16)11-2-4-12(17)5-3-11/h2-10,19H,1H3. The lowest BCUT2D eigenvalue weighted by molar-refractivity contribution is 0.414. The molecule has 0 fully saturated rings. The zero-order chi connectivity index (χ0) is 17.2. The van der Waals surface area contributed by atoms with Gasteiger partial charge in [-0.25, -0.2) is 13.1 Å². The summed E-state index contributed by atoms with van der Waals surface area (Å²) in [5.74, 6) is 0.601. The fourth-order valence-corrected chi connectivity index (χ4v) is 3.21. The third-order valence-electron chi connectivity index (χ3n) is 3.32. The van der Waals surface area contributed by atoms with Crippen molar-refractivity contribution in [2.45, 2.75) is 4.90 Å². The van der Waals surface area contributed by atoms with E-state index in [1.165, 1.54) is 25.4 Å². The molecule has 124 valence electrons. The second kappa shape index (κ2) is 6.54. The van der Waals surface area contributed by atoms with Gasteiger partial charge in [0.2, 0.25) is 5.88 Å². The van der Waals surface area contributed by atoms with Crippen molar-refractivity contribution < 1.29 is 17.7 Å². The number of anilines is 1. The fraction of sp³-hybridized carbons (Fsp3) is 0.0625. The van der Waals surface area contributed by atoms with E-state index in [4.69, 9.17) is 20.9 Å². The Morgan fingerprint density at radius 1 is 1.08 bits per heavy atom. The molecule has 0 bridgehead atoms. The van der Waals surface area contributed by atoms with E-state index < -0.39 is 10.0 Å². The highest BCUT2D eigenvalue weighted by atomic mass is 35.5. The summed E-state index contributed by atoms with van der Waals surface area (Å²) in [6.45, 7) is 0. The van der Waals surface area contributed by atoms with Crippen LogP contribution in [0.1, 0.15) is 0 Å². The lowest BCUT2D eigenvalue weighted by atomic mass is 10.1. The Morgan fingerprint density at radius 2 is 1.75 bits per heavy atom. The summed E-state index contributed by atoms with van der Waals surface area (Å²) in [7, 11) is -2.30. The molecule has 8 heteroatoms. The second-order valence-corrected chi connectivity index (χ2v) is 6.98. The number of methoxy groups -OCH3 is 1. The van der Waals surface area contributed by atoms with Crippen molar-refractivity contribution in [1.82, 2.24) is 5.16 Å². The quantitative estimate of drug-likeness (QED) is 0.744. The molecule has 0 amide bonds. The SMILES string of the molecule is COc1ccc(S(=O)(=O)Nc2oncc2-c2ccc(Cl)cc2)cc1. The molecule has 3 aromatic rings. The molecule has 0 aliphatic carbocycles. The van der Waals surface area contributed by atoms with Crippen molar-refractivity contribution >= 4 is 27.5 Å². The third-order valence-corrected chi connectivity index (χ3v) is 4.92. The molecule has 0 aliphatic rings. The number of halogens is 1. The van der Waals surface area contributed by atoms with E-state index in [0.717, 1.165) is 5.56 Å². The van der Waals surface area contributed by atoms with E-state index in [-0.39, 0.29) is 10.8 Å². The number of sulfonamides is 1. The monoisotopic (exact) mass is 364 g/mol. The average molecular weight is 365 g/mol. The molecule has 0 spiro atoms. The second-order valence-electron chi connectivity index (χ2n) is 4.86. The Morgan fingerprint density at radius 3 is 2.38 bits per heavy atom. The van der Waals surface area contributed by atoms with Gasteiger partial charge in [-0.05, 0) is 42.0 Å². The molecule has 24 heavy (non-hydrogen) atoms. The van der Waals surface area contributed by atoms with Gasteiger partial charge in [-0.3, -0.25) is 0 Å². The predicted octanol–water partition coefficient (Wildman–Crippen LogP) is 3.80. The molecular weight excluding hydrogens is 352 g/mol. The van der Waals surface area contributed by atoms with Crippen LogP contribution in [0.15, 0.2) is 64.1 Å². The van der Waals surface area contributed by atoms with Gasteiger partial charge in [0.15, 0.2) is 0 Å². The van der Waals surface area contributed by atoms with Crippen LogP contribution in [-0.4, -0.2) is 20.7 Å². The zero-order valence-electron chi connectivity index (χ0n) is 12.6. The van der Waals surface area contributed by atoms with Gasteiger partial charge < -0.3 is 9.26 Å². The molecule has 6 nitrogen and oxygen atoms in total. The highest BCUT2D eigenvalue weighted by Crippen LogP contribution is 2.30. The van der Waals surface area contributed by atoms with Crippen molar-refractivity contribution in [3.05, 3.63) is 59.8 Å². The number of ether oxygens (including phenoxy) is 1. The number of rotatable bonds is 5. The maximum absolute atomic E-state index is 12.5. The van der Waals surface area contributed by atoms with Crippen molar-refractivity contribution in [3.63, 3.8) is 0 Å². The summed E-state index contributed by atoms with van der Waals surface area (Å²) in [6, 6.07) is 12.9. The average Bonchev–Trinajstić information content (AvgIpc) is 3.03.